The zero-order valence-electron chi connectivity index (χ0n) is 12.3. The monoisotopic (exact) mass is 283 g/mol. The van der Waals surface area contributed by atoms with E-state index in [9.17, 15) is 5.11 Å². The van der Waals surface area contributed by atoms with Crippen molar-refractivity contribution in [3.8, 4) is 5.75 Å². The second-order valence-corrected chi connectivity index (χ2v) is 5.53. The first-order valence-electron chi connectivity index (χ1n) is 7.63. The summed E-state index contributed by atoms with van der Waals surface area (Å²) in [6, 6.07) is 10.3. The van der Waals surface area contributed by atoms with Crippen LogP contribution < -0.4 is 4.74 Å². The van der Waals surface area contributed by atoms with Crippen LogP contribution in [0, 0.1) is 0 Å². The van der Waals surface area contributed by atoms with E-state index in [1.807, 2.05) is 13.0 Å². The minimum Gasteiger partial charge on any atom is -0.492 e. The Morgan fingerprint density at radius 1 is 1.33 bits per heavy atom. The Labute approximate surface area is 125 Å². The number of nitrogens with zero attached hydrogens (tertiary/aromatic N) is 1. The maximum atomic E-state index is 10.8. The lowest BCUT2D eigenvalue weighted by molar-refractivity contribution is 0.135. The van der Waals surface area contributed by atoms with Crippen LogP contribution in [0.5, 0.6) is 5.75 Å². The summed E-state index contributed by atoms with van der Waals surface area (Å²) in [5.74, 6) is 0.867. The molecule has 21 heavy (non-hydrogen) atoms. The predicted octanol–water partition coefficient (Wildman–Crippen LogP) is 3.63. The van der Waals surface area contributed by atoms with Gasteiger partial charge in [0.1, 0.15) is 5.75 Å². The minimum absolute atomic E-state index is 0.147. The van der Waals surface area contributed by atoms with Crippen molar-refractivity contribution in [2.24, 2.45) is 0 Å². The van der Waals surface area contributed by atoms with E-state index in [4.69, 9.17) is 4.74 Å². The number of fused-ring (bicyclic) bond motifs is 1. The van der Waals surface area contributed by atoms with Crippen LogP contribution >= 0.6 is 0 Å². The normalized spacial score (nSPS) is 18.9. The van der Waals surface area contributed by atoms with Gasteiger partial charge in [-0.3, -0.25) is 4.98 Å². The molecular weight excluding hydrogens is 262 g/mol. The van der Waals surface area contributed by atoms with Crippen molar-refractivity contribution in [3.05, 3.63) is 59.4 Å². The first-order chi connectivity index (χ1) is 10.3. The number of aromatic nitrogens is 1. The Morgan fingerprint density at radius 3 is 3.05 bits per heavy atom. The van der Waals surface area contributed by atoms with Gasteiger partial charge in [0.05, 0.1) is 18.9 Å². The van der Waals surface area contributed by atoms with Gasteiger partial charge >= 0.3 is 0 Å². The van der Waals surface area contributed by atoms with E-state index in [-0.39, 0.29) is 5.92 Å². The molecule has 0 fully saturated rings. The summed E-state index contributed by atoms with van der Waals surface area (Å²) >= 11 is 0. The largest absolute Gasteiger partial charge is 0.492 e. The third kappa shape index (κ3) is 2.93. The fourth-order valence-corrected chi connectivity index (χ4v) is 3.19. The van der Waals surface area contributed by atoms with Crippen LogP contribution in [0.2, 0.25) is 0 Å². The highest BCUT2D eigenvalue weighted by atomic mass is 16.5. The lowest BCUT2D eigenvalue weighted by Crippen LogP contribution is -2.17. The first-order valence-corrected chi connectivity index (χ1v) is 7.63. The molecule has 3 nitrogen and oxygen atoms in total. The Balaban J connectivity index is 1.89. The summed E-state index contributed by atoms with van der Waals surface area (Å²) in [5.41, 5.74) is 3.47. The summed E-state index contributed by atoms with van der Waals surface area (Å²) < 4.78 is 5.48. The molecule has 2 atom stereocenters. The van der Waals surface area contributed by atoms with Crippen molar-refractivity contribution >= 4 is 0 Å². The van der Waals surface area contributed by atoms with E-state index in [2.05, 4.69) is 29.2 Å². The molecule has 2 unspecified atom stereocenters. The topological polar surface area (TPSA) is 42.4 Å². The zero-order valence-corrected chi connectivity index (χ0v) is 12.3. The van der Waals surface area contributed by atoms with Gasteiger partial charge in [0.25, 0.3) is 0 Å². The molecule has 1 aliphatic carbocycles. The van der Waals surface area contributed by atoms with E-state index in [0.29, 0.717) is 6.61 Å². The van der Waals surface area contributed by atoms with Crippen LogP contribution in [0.25, 0.3) is 0 Å². The van der Waals surface area contributed by atoms with Crippen LogP contribution in [0.1, 0.15) is 48.5 Å². The van der Waals surface area contributed by atoms with Crippen molar-refractivity contribution in [1.29, 1.82) is 0 Å². The third-order valence-electron chi connectivity index (χ3n) is 4.18. The molecule has 110 valence electrons. The molecular formula is C18H21NO2. The van der Waals surface area contributed by atoms with Gasteiger partial charge in [-0.15, -0.1) is 0 Å². The number of aryl methyl sites for hydroxylation is 1. The summed E-state index contributed by atoms with van der Waals surface area (Å²) in [5, 5.41) is 10.8. The molecule has 0 spiro atoms. The van der Waals surface area contributed by atoms with Crippen molar-refractivity contribution < 1.29 is 9.84 Å². The Morgan fingerprint density at radius 2 is 2.19 bits per heavy atom. The zero-order chi connectivity index (χ0) is 14.7. The Kier molecular flexibility index (Phi) is 4.20. The van der Waals surface area contributed by atoms with E-state index in [0.717, 1.165) is 30.6 Å². The van der Waals surface area contributed by atoms with Crippen LogP contribution in [0.3, 0.4) is 0 Å². The fourth-order valence-electron chi connectivity index (χ4n) is 3.19. The molecule has 1 heterocycles. The van der Waals surface area contributed by atoms with Gasteiger partial charge in [-0.25, -0.2) is 0 Å². The van der Waals surface area contributed by atoms with E-state index >= 15 is 0 Å². The van der Waals surface area contributed by atoms with Crippen LogP contribution in [-0.2, 0) is 6.42 Å². The van der Waals surface area contributed by atoms with Gasteiger partial charge < -0.3 is 9.84 Å². The molecule has 0 amide bonds. The number of aliphatic hydroxyl groups is 1. The Hall–Kier alpha value is -1.87. The van der Waals surface area contributed by atoms with Gasteiger partial charge in [0.15, 0.2) is 0 Å². The number of ether oxygens (including phenoxy) is 1. The standard InChI is InChI=1S/C18H21NO2/c1-2-21-15-10-14(11-19-12-15)18(20)17-9-5-7-13-6-3-4-8-16(13)17/h3-4,6,8,10-12,17-18,20H,2,5,7,9H2,1H3. The number of hydrogen-bond donors (Lipinski definition) is 1. The number of aliphatic hydroxyl groups excluding tert-OH is 1. The van der Waals surface area contributed by atoms with Gasteiger partial charge in [0, 0.05) is 17.7 Å². The van der Waals surface area contributed by atoms with Crippen molar-refractivity contribution in [2.45, 2.75) is 38.2 Å². The highest BCUT2D eigenvalue weighted by molar-refractivity contribution is 5.36. The average molecular weight is 283 g/mol. The molecule has 3 rings (SSSR count). The molecule has 1 aromatic heterocycles. The molecule has 0 aliphatic heterocycles. The minimum atomic E-state index is -0.528. The van der Waals surface area contributed by atoms with Crippen LogP contribution in [-0.4, -0.2) is 16.7 Å². The SMILES string of the molecule is CCOc1cncc(C(O)C2CCCc3ccccc32)c1. The summed E-state index contributed by atoms with van der Waals surface area (Å²) in [6.45, 7) is 2.55. The van der Waals surface area contributed by atoms with Crippen molar-refractivity contribution in [1.82, 2.24) is 4.98 Å². The molecule has 0 bridgehead atoms. The quantitative estimate of drug-likeness (QED) is 0.931. The smallest absolute Gasteiger partial charge is 0.137 e. The van der Waals surface area contributed by atoms with Gasteiger partial charge in [0.2, 0.25) is 0 Å². The maximum absolute atomic E-state index is 10.8. The first kappa shape index (κ1) is 14.1. The molecule has 0 saturated heterocycles. The lowest BCUT2D eigenvalue weighted by atomic mass is 9.78. The molecule has 1 aromatic carbocycles. The molecule has 3 heteroatoms. The lowest BCUT2D eigenvalue weighted by Gasteiger charge is -2.29. The van der Waals surface area contributed by atoms with E-state index in [1.165, 1.54) is 11.1 Å². The van der Waals surface area contributed by atoms with Crippen LogP contribution in [0.15, 0.2) is 42.7 Å². The number of hydrogen-bond acceptors (Lipinski definition) is 3. The highest BCUT2D eigenvalue weighted by Crippen LogP contribution is 2.40. The van der Waals surface area contributed by atoms with Crippen LogP contribution in [0.4, 0.5) is 0 Å². The second kappa shape index (κ2) is 6.27. The third-order valence-corrected chi connectivity index (χ3v) is 4.18. The fraction of sp³-hybridized carbons (Fsp3) is 0.389. The number of benzene rings is 1. The summed E-state index contributed by atoms with van der Waals surface area (Å²) in [4.78, 5) is 4.19. The Bertz CT molecular complexity index is 612. The van der Waals surface area contributed by atoms with Gasteiger partial charge in [-0.1, -0.05) is 24.3 Å². The number of pyridine rings is 1. The molecule has 0 saturated carbocycles. The predicted molar refractivity (Wildman–Crippen MR) is 82.5 cm³/mol. The van der Waals surface area contributed by atoms with E-state index < -0.39 is 6.10 Å². The van der Waals surface area contributed by atoms with Gasteiger partial charge in [-0.2, -0.15) is 0 Å². The van der Waals surface area contributed by atoms with Crippen molar-refractivity contribution in [3.63, 3.8) is 0 Å². The molecule has 1 aliphatic rings. The number of rotatable bonds is 4. The molecule has 0 radical (unpaired) electrons. The molecule has 2 aromatic rings. The maximum Gasteiger partial charge on any atom is 0.137 e. The van der Waals surface area contributed by atoms with E-state index in [1.54, 1.807) is 12.4 Å². The molecule has 1 N–H and O–H groups in total. The van der Waals surface area contributed by atoms with Crippen molar-refractivity contribution in [2.75, 3.05) is 6.61 Å². The summed E-state index contributed by atoms with van der Waals surface area (Å²) in [6.07, 6.45) is 6.14. The average Bonchev–Trinajstić information content (AvgIpc) is 2.54. The second-order valence-electron chi connectivity index (χ2n) is 5.53. The van der Waals surface area contributed by atoms with Gasteiger partial charge in [-0.05, 0) is 43.4 Å². The summed E-state index contributed by atoms with van der Waals surface area (Å²) in [7, 11) is 0. The highest BCUT2D eigenvalue weighted by Gasteiger charge is 2.27.